The highest BCUT2D eigenvalue weighted by Crippen LogP contribution is 2.37. The van der Waals surface area contributed by atoms with Gasteiger partial charge in [0.2, 0.25) is 0 Å². The lowest BCUT2D eigenvalue weighted by Gasteiger charge is -2.31. The minimum absolute atomic E-state index is 0.0766. The van der Waals surface area contributed by atoms with Crippen LogP contribution in [0.25, 0.3) is 0 Å². The van der Waals surface area contributed by atoms with Gasteiger partial charge in [0.25, 0.3) is 0 Å². The Kier molecular flexibility index (Phi) is 6.41. The van der Waals surface area contributed by atoms with Gasteiger partial charge in [-0.2, -0.15) is 0 Å². The highest BCUT2D eigenvalue weighted by atomic mass is 14.6. The molecule has 0 aromatic carbocycles. The minimum atomic E-state index is 0.0766. The molecule has 0 bridgehead atoms. The van der Waals surface area contributed by atoms with Gasteiger partial charge in [0.15, 0.2) is 0 Å². The van der Waals surface area contributed by atoms with Crippen LogP contribution in [0.15, 0.2) is 71.4 Å². The molecule has 2 N–H and O–H groups in total. The lowest BCUT2D eigenvalue weighted by Crippen LogP contribution is -2.28. The van der Waals surface area contributed by atoms with Crippen molar-refractivity contribution >= 4 is 0 Å². The molecule has 0 saturated heterocycles. The first-order valence-corrected chi connectivity index (χ1v) is 8.85. The van der Waals surface area contributed by atoms with Gasteiger partial charge < -0.3 is 5.73 Å². The molecule has 0 spiro atoms. The molecule has 1 nitrogen and oxygen atoms in total. The van der Waals surface area contributed by atoms with E-state index in [0.717, 1.165) is 12.8 Å². The minimum Gasteiger partial charge on any atom is -0.324 e. The van der Waals surface area contributed by atoms with Crippen molar-refractivity contribution in [2.75, 3.05) is 0 Å². The first-order valence-electron chi connectivity index (χ1n) is 8.85. The molecule has 0 aromatic heterocycles. The molecular formula is C22H31N. The summed E-state index contributed by atoms with van der Waals surface area (Å²) in [6.45, 7) is 8.77. The van der Waals surface area contributed by atoms with Crippen LogP contribution in [0.1, 0.15) is 40.5 Å². The maximum absolute atomic E-state index is 6.41. The van der Waals surface area contributed by atoms with Crippen molar-refractivity contribution in [2.45, 2.75) is 46.6 Å². The molecule has 2 rings (SSSR count). The van der Waals surface area contributed by atoms with Crippen LogP contribution in [0.3, 0.4) is 0 Å². The monoisotopic (exact) mass is 309 g/mol. The highest BCUT2D eigenvalue weighted by Gasteiger charge is 2.26. The van der Waals surface area contributed by atoms with Crippen LogP contribution in [0.4, 0.5) is 0 Å². The molecule has 4 unspecified atom stereocenters. The molecule has 0 aliphatic heterocycles. The van der Waals surface area contributed by atoms with Gasteiger partial charge in [-0.05, 0) is 62.2 Å². The summed E-state index contributed by atoms with van der Waals surface area (Å²) in [5.41, 5.74) is 10.7. The third kappa shape index (κ3) is 4.23. The Morgan fingerprint density at radius 3 is 2.70 bits per heavy atom. The smallest absolute Gasteiger partial charge is 0.0236 e. The Bertz CT molecular complexity index is 581. The molecule has 0 amide bonds. The number of allylic oxidation sites excluding steroid dienone is 11. The molecule has 1 heteroatoms. The van der Waals surface area contributed by atoms with Crippen LogP contribution >= 0.6 is 0 Å². The number of rotatable bonds is 5. The zero-order chi connectivity index (χ0) is 16.8. The third-order valence-corrected chi connectivity index (χ3v) is 5.05. The first kappa shape index (κ1) is 17.7. The van der Waals surface area contributed by atoms with Gasteiger partial charge >= 0.3 is 0 Å². The van der Waals surface area contributed by atoms with Crippen LogP contribution in [0.5, 0.6) is 0 Å². The second kappa shape index (κ2) is 8.31. The molecule has 0 radical (unpaired) electrons. The summed E-state index contributed by atoms with van der Waals surface area (Å²) < 4.78 is 0. The standard InChI is InChI=1S/C22H31N/c1-5-6-12-19-13-8-10-15-21(19)17(3)22(18(4)23)20-14-9-7-11-16(20)2/h5-11,14-16,18-20H,12-13,23H2,1-4H3/b6-5?,22-17+. The van der Waals surface area contributed by atoms with Crippen molar-refractivity contribution in [3.8, 4) is 0 Å². The fraction of sp³-hybridized carbons (Fsp3) is 0.455. The van der Waals surface area contributed by atoms with Crippen LogP contribution in [0.2, 0.25) is 0 Å². The number of hydrogen-bond acceptors (Lipinski definition) is 1. The quantitative estimate of drug-likeness (QED) is 0.667. The van der Waals surface area contributed by atoms with Crippen molar-refractivity contribution in [3.63, 3.8) is 0 Å². The fourth-order valence-corrected chi connectivity index (χ4v) is 3.80. The van der Waals surface area contributed by atoms with Gasteiger partial charge in [-0.15, -0.1) is 0 Å². The summed E-state index contributed by atoms with van der Waals surface area (Å²) in [6.07, 6.45) is 22.3. The molecule has 0 aromatic rings. The van der Waals surface area contributed by atoms with E-state index in [-0.39, 0.29) is 6.04 Å². The predicted octanol–water partition coefficient (Wildman–Crippen LogP) is 5.50. The van der Waals surface area contributed by atoms with Crippen molar-refractivity contribution in [3.05, 3.63) is 71.4 Å². The van der Waals surface area contributed by atoms with Crippen molar-refractivity contribution in [1.82, 2.24) is 0 Å². The van der Waals surface area contributed by atoms with E-state index in [9.17, 15) is 0 Å². The summed E-state index contributed by atoms with van der Waals surface area (Å²) in [4.78, 5) is 0. The van der Waals surface area contributed by atoms with Crippen LogP contribution in [-0.4, -0.2) is 6.04 Å². The molecular weight excluding hydrogens is 278 g/mol. The van der Waals surface area contributed by atoms with Gasteiger partial charge in [0, 0.05) is 12.0 Å². The van der Waals surface area contributed by atoms with E-state index in [4.69, 9.17) is 5.73 Å². The number of nitrogens with two attached hydrogens (primary N) is 1. The molecule has 0 saturated carbocycles. The van der Waals surface area contributed by atoms with E-state index in [0.29, 0.717) is 17.8 Å². The Labute approximate surface area is 142 Å². The third-order valence-electron chi connectivity index (χ3n) is 5.05. The lowest BCUT2D eigenvalue weighted by atomic mass is 9.75. The van der Waals surface area contributed by atoms with E-state index >= 15 is 0 Å². The van der Waals surface area contributed by atoms with Gasteiger partial charge in [-0.25, -0.2) is 0 Å². The molecule has 2 aliphatic rings. The van der Waals surface area contributed by atoms with Crippen LogP contribution in [0, 0.1) is 17.8 Å². The van der Waals surface area contributed by atoms with E-state index < -0.39 is 0 Å². The molecule has 2 aliphatic carbocycles. The SMILES string of the molecule is CC=CCC1CC=CC=C1/C(C)=C(\C(C)N)C1C=CC=CC1C. The molecule has 124 valence electrons. The Morgan fingerprint density at radius 2 is 2.04 bits per heavy atom. The summed E-state index contributed by atoms with van der Waals surface area (Å²) >= 11 is 0. The summed E-state index contributed by atoms with van der Waals surface area (Å²) in [7, 11) is 0. The molecule has 0 heterocycles. The summed E-state index contributed by atoms with van der Waals surface area (Å²) in [5, 5.41) is 0. The zero-order valence-corrected chi connectivity index (χ0v) is 15.0. The van der Waals surface area contributed by atoms with Gasteiger partial charge in [-0.1, -0.05) is 61.6 Å². The van der Waals surface area contributed by atoms with Gasteiger partial charge in [0.1, 0.15) is 0 Å². The predicted molar refractivity (Wildman–Crippen MR) is 102 cm³/mol. The van der Waals surface area contributed by atoms with Crippen molar-refractivity contribution in [2.24, 2.45) is 23.5 Å². The maximum atomic E-state index is 6.41. The fourth-order valence-electron chi connectivity index (χ4n) is 3.80. The normalized spacial score (nSPS) is 29.6. The Balaban J connectivity index is 2.40. The average Bonchev–Trinajstić information content (AvgIpc) is 2.55. The van der Waals surface area contributed by atoms with Gasteiger partial charge in [-0.3, -0.25) is 0 Å². The second-order valence-electron chi connectivity index (χ2n) is 6.81. The molecule has 23 heavy (non-hydrogen) atoms. The molecule has 0 fully saturated rings. The summed E-state index contributed by atoms with van der Waals surface area (Å²) in [5.74, 6) is 1.49. The lowest BCUT2D eigenvalue weighted by molar-refractivity contribution is 0.533. The zero-order valence-electron chi connectivity index (χ0n) is 15.0. The Morgan fingerprint density at radius 1 is 1.30 bits per heavy atom. The van der Waals surface area contributed by atoms with Crippen LogP contribution < -0.4 is 5.73 Å². The summed E-state index contributed by atoms with van der Waals surface area (Å²) in [6, 6.07) is 0.0766. The molecule has 4 atom stereocenters. The topological polar surface area (TPSA) is 26.0 Å². The first-order chi connectivity index (χ1) is 11.1. The van der Waals surface area contributed by atoms with E-state index in [1.54, 1.807) is 0 Å². The van der Waals surface area contributed by atoms with E-state index in [2.05, 4.69) is 82.4 Å². The maximum Gasteiger partial charge on any atom is 0.0236 e. The Hall–Kier alpha value is -1.60. The average molecular weight is 309 g/mol. The van der Waals surface area contributed by atoms with Crippen molar-refractivity contribution in [1.29, 1.82) is 0 Å². The second-order valence-corrected chi connectivity index (χ2v) is 6.81. The van der Waals surface area contributed by atoms with Crippen LogP contribution in [-0.2, 0) is 0 Å². The van der Waals surface area contributed by atoms with Gasteiger partial charge in [0.05, 0.1) is 0 Å². The highest BCUT2D eigenvalue weighted by molar-refractivity contribution is 5.44. The van der Waals surface area contributed by atoms with E-state index in [1.165, 1.54) is 16.7 Å². The van der Waals surface area contributed by atoms with Crippen molar-refractivity contribution < 1.29 is 0 Å². The number of hydrogen-bond donors (Lipinski definition) is 1. The largest absolute Gasteiger partial charge is 0.324 e. The van der Waals surface area contributed by atoms with E-state index in [1.807, 2.05) is 0 Å².